The molecule has 0 aliphatic heterocycles. The molecule has 3 heteroatoms. The quantitative estimate of drug-likeness (QED) is 0.791. The van der Waals surface area contributed by atoms with E-state index in [1.165, 1.54) is 29.7 Å². The van der Waals surface area contributed by atoms with Gasteiger partial charge in [-0.3, -0.25) is 4.99 Å². The average Bonchev–Trinajstić information content (AvgIpc) is 3.24. The number of aliphatic imine (C=N–C) groups is 1. The monoisotopic (exact) mass is 309 g/mol. The lowest BCUT2D eigenvalue weighted by Gasteiger charge is -2.12. The molecule has 1 fully saturated rings. The molecule has 1 heterocycles. The molecule has 3 rings (SSSR count). The summed E-state index contributed by atoms with van der Waals surface area (Å²) < 4.78 is 2.35. The molecule has 122 valence electrons. The number of hydrogen-bond donors (Lipinski definition) is 1. The standard InChI is InChI=1S/C20H27N3/c1-4-18-10-17(12-21)11-19(14(18)2)22-15(3)20-6-5-9-23(20)13-16-7-8-16/h5-6,9-11,16H,4,7-8,12-13,21H2,1-3H3. The van der Waals surface area contributed by atoms with E-state index in [4.69, 9.17) is 10.7 Å². The smallest absolute Gasteiger partial charge is 0.0668 e. The van der Waals surface area contributed by atoms with Gasteiger partial charge in [0, 0.05) is 19.3 Å². The van der Waals surface area contributed by atoms with Gasteiger partial charge in [-0.05, 0) is 73.9 Å². The summed E-state index contributed by atoms with van der Waals surface area (Å²) >= 11 is 0. The molecule has 0 radical (unpaired) electrons. The Balaban J connectivity index is 1.95. The van der Waals surface area contributed by atoms with Gasteiger partial charge in [0.1, 0.15) is 0 Å². The van der Waals surface area contributed by atoms with Crippen molar-refractivity contribution in [3.05, 3.63) is 52.8 Å². The molecule has 0 saturated heterocycles. The molecular weight excluding hydrogens is 282 g/mol. The zero-order valence-electron chi connectivity index (χ0n) is 14.5. The van der Waals surface area contributed by atoms with Crippen molar-refractivity contribution in [2.24, 2.45) is 16.6 Å². The van der Waals surface area contributed by atoms with Gasteiger partial charge in [0.15, 0.2) is 0 Å². The first-order valence-corrected chi connectivity index (χ1v) is 8.65. The Hall–Kier alpha value is -1.87. The van der Waals surface area contributed by atoms with Crippen LogP contribution in [-0.4, -0.2) is 10.3 Å². The first-order valence-electron chi connectivity index (χ1n) is 8.65. The number of benzene rings is 1. The van der Waals surface area contributed by atoms with Crippen LogP contribution < -0.4 is 5.73 Å². The summed E-state index contributed by atoms with van der Waals surface area (Å²) in [6.45, 7) is 8.14. The number of nitrogens with two attached hydrogens (primary N) is 1. The second-order valence-electron chi connectivity index (χ2n) is 6.64. The van der Waals surface area contributed by atoms with Crippen molar-refractivity contribution in [2.75, 3.05) is 0 Å². The third kappa shape index (κ3) is 3.56. The fourth-order valence-electron chi connectivity index (χ4n) is 3.14. The predicted molar refractivity (Wildman–Crippen MR) is 97.5 cm³/mol. The highest BCUT2D eigenvalue weighted by molar-refractivity contribution is 5.99. The number of aromatic nitrogens is 1. The normalized spacial score (nSPS) is 15.2. The SMILES string of the molecule is CCc1cc(CN)cc(N=C(C)c2cccn2CC2CC2)c1C. The summed E-state index contributed by atoms with van der Waals surface area (Å²) in [5.74, 6) is 0.864. The molecule has 3 nitrogen and oxygen atoms in total. The lowest BCUT2D eigenvalue weighted by molar-refractivity contribution is 0.626. The van der Waals surface area contributed by atoms with Crippen LogP contribution in [0.3, 0.4) is 0 Å². The summed E-state index contributed by atoms with van der Waals surface area (Å²) in [7, 11) is 0. The van der Waals surface area contributed by atoms with Gasteiger partial charge in [-0.2, -0.15) is 0 Å². The molecule has 0 atom stereocenters. The lowest BCUT2D eigenvalue weighted by Crippen LogP contribution is -2.08. The molecule has 0 amide bonds. The second-order valence-corrected chi connectivity index (χ2v) is 6.64. The van der Waals surface area contributed by atoms with Crippen molar-refractivity contribution in [3.63, 3.8) is 0 Å². The van der Waals surface area contributed by atoms with Crippen LogP contribution in [0.4, 0.5) is 5.69 Å². The van der Waals surface area contributed by atoms with Crippen LogP contribution in [0.5, 0.6) is 0 Å². The Kier molecular flexibility index (Phi) is 4.67. The van der Waals surface area contributed by atoms with Crippen molar-refractivity contribution in [2.45, 2.75) is 53.1 Å². The van der Waals surface area contributed by atoms with Crippen LogP contribution in [0, 0.1) is 12.8 Å². The maximum absolute atomic E-state index is 5.85. The zero-order valence-corrected chi connectivity index (χ0v) is 14.5. The summed E-state index contributed by atoms with van der Waals surface area (Å²) in [5.41, 5.74) is 13.0. The summed E-state index contributed by atoms with van der Waals surface area (Å²) in [6, 6.07) is 8.63. The van der Waals surface area contributed by atoms with Crippen molar-refractivity contribution < 1.29 is 0 Å². The van der Waals surface area contributed by atoms with Crippen LogP contribution in [0.2, 0.25) is 0 Å². The predicted octanol–water partition coefficient (Wildman–Crippen LogP) is 4.37. The fourth-order valence-corrected chi connectivity index (χ4v) is 3.14. The highest BCUT2D eigenvalue weighted by Gasteiger charge is 2.22. The van der Waals surface area contributed by atoms with Crippen LogP contribution in [0.1, 0.15) is 49.1 Å². The maximum atomic E-state index is 5.85. The van der Waals surface area contributed by atoms with E-state index in [-0.39, 0.29) is 0 Å². The Bertz CT molecular complexity index is 720. The third-order valence-corrected chi connectivity index (χ3v) is 4.80. The van der Waals surface area contributed by atoms with Crippen LogP contribution in [0.25, 0.3) is 0 Å². The second kappa shape index (κ2) is 6.71. The number of rotatable bonds is 6. The first kappa shape index (κ1) is 16.0. The minimum atomic E-state index is 0.562. The largest absolute Gasteiger partial charge is 0.346 e. The fraction of sp³-hybridized carbons (Fsp3) is 0.450. The third-order valence-electron chi connectivity index (χ3n) is 4.80. The highest BCUT2D eigenvalue weighted by Crippen LogP contribution is 2.31. The van der Waals surface area contributed by atoms with Crippen molar-refractivity contribution in [1.82, 2.24) is 4.57 Å². The summed E-state index contributed by atoms with van der Waals surface area (Å²) in [4.78, 5) is 4.95. The van der Waals surface area contributed by atoms with E-state index in [1.54, 1.807) is 0 Å². The topological polar surface area (TPSA) is 43.3 Å². The number of aryl methyl sites for hydroxylation is 1. The minimum absolute atomic E-state index is 0.562. The first-order chi connectivity index (χ1) is 11.1. The molecule has 0 unspecified atom stereocenters. The Morgan fingerprint density at radius 1 is 1.35 bits per heavy atom. The van der Waals surface area contributed by atoms with Crippen molar-refractivity contribution >= 4 is 11.4 Å². The van der Waals surface area contributed by atoms with Gasteiger partial charge in [0.05, 0.1) is 17.1 Å². The van der Waals surface area contributed by atoms with E-state index >= 15 is 0 Å². The van der Waals surface area contributed by atoms with Gasteiger partial charge in [-0.15, -0.1) is 0 Å². The van der Waals surface area contributed by atoms with Crippen molar-refractivity contribution in [1.29, 1.82) is 0 Å². The molecule has 23 heavy (non-hydrogen) atoms. The van der Waals surface area contributed by atoms with E-state index < -0.39 is 0 Å². The molecule has 2 N–H and O–H groups in total. The molecule has 1 aliphatic rings. The molecule has 1 aromatic heterocycles. The van der Waals surface area contributed by atoms with Gasteiger partial charge in [0.2, 0.25) is 0 Å². The van der Waals surface area contributed by atoms with Gasteiger partial charge in [0.25, 0.3) is 0 Å². The van der Waals surface area contributed by atoms with E-state index in [2.05, 4.69) is 55.8 Å². The van der Waals surface area contributed by atoms with Crippen LogP contribution >= 0.6 is 0 Å². The van der Waals surface area contributed by atoms with E-state index in [1.807, 2.05) is 0 Å². The number of hydrogen-bond acceptors (Lipinski definition) is 2. The summed E-state index contributed by atoms with van der Waals surface area (Å²) in [5, 5.41) is 0. The van der Waals surface area contributed by atoms with Crippen LogP contribution in [0.15, 0.2) is 35.5 Å². The van der Waals surface area contributed by atoms with E-state index in [0.717, 1.165) is 35.8 Å². The Labute approximate surface area is 139 Å². The molecule has 2 aromatic rings. The van der Waals surface area contributed by atoms with Crippen molar-refractivity contribution in [3.8, 4) is 0 Å². The summed E-state index contributed by atoms with van der Waals surface area (Å²) in [6.07, 6.45) is 5.92. The Morgan fingerprint density at radius 3 is 2.78 bits per heavy atom. The van der Waals surface area contributed by atoms with Gasteiger partial charge in [-0.25, -0.2) is 0 Å². The average molecular weight is 309 g/mol. The van der Waals surface area contributed by atoms with Crippen LogP contribution in [-0.2, 0) is 19.5 Å². The highest BCUT2D eigenvalue weighted by atomic mass is 15.0. The molecule has 1 aromatic carbocycles. The zero-order chi connectivity index (χ0) is 16.4. The maximum Gasteiger partial charge on any atom is 0.0668 e. The molecule has 1 aliphatic carbocycles. The van der Waals surface area contributed by atoms with Gasteiger partial charge < -0.3 is 10.3 Å². The number of nitrogens with zero attached hydrogens (tertiary/aromatic N) is 2. The van der Waals surface area contributed by atoms with Gasteiger partial charge in [-0.1, -0.05) is 13.0 Å². The lowest BCUT2D eigenvalue weighted by atomic mass is 10.0. The molecule has 0 spiro atoms. The molecule has 1 saturated carbocycles. The van der Waals surface area contributed by atoms with E-state index in [0.29, 0.717) is 6.54 Å². The molecular formula is C20H27N3. The molecule has 0 bridgehead atoms. The Morgan fingerprint density at radius 2 is 2.13 bits per heavy atom. The van der Waals surface area contributed by atoms with E-state index in [9.17, 15) is 0 Å². The minimum Gasteiger partial charge on any atom is -0.346 e. The van der Waals surface area contributed by atoms with Gasteiger partial charge >= 0.3 is 0 Å².